The number of hydrogen-bond acceptors (Lipinski definition) is 4. The molecule has 9 heteroatoms. The summed E-state index contributed by atoms with van der Waals surface area (Å²) in [6, 6.07) is 6.19. The number of ether oxygens (including phenoxy) is 1. The van der Waals surface area contributed by atoms with Crippen molar-refractivity contribution in [2.45, 2.75) is 31.0 Å². The van der Waals surface area contributed by atoms with Crippen LogP contribution in [0.4, 0.5) is 17.6 Å². The molecule has 0 saturated heterocycles. The van der Waals surface area contributed by atoms with Gasteiger partial charge in [-0.2, -0.15) is 13.2 Å². The SMILES string of the molecule is CC1(C)COc2c1cc(C(O)(CNC=O)C(F)(F)F)nc2-c1ccc(F)cc1. The van der Waals surface area contributed by atoms with Gasteiger partial charge in [0.15, 0.2) is 0 Å². The molecule has 1 aromatic heterocycles. The summed E-state index contributed by atoms with van der Waals surface area (Å²) < 4.78 is 60.1. The zero-order valence-corrected chi connectivity index (χ0v) is 15.1. The van der Waals surface area contributed by atoms with Gasteiger partial charge in [-0.25, -0.2) is 9.37 Å². The van der Waals surface area contributed by atoms with Crippen molar-refractivity contribution in [2.75, 3.05) is 13.2 Å². The third kappa shape index (κ3) is 3.30. The molecular weight excluding hydrogens is 380 g/mol. The minimum atomic E-state index is -5.10. The van der Waals surface area contributed by atoms with Crippen LogP contribution >= 0.6 is 0 Å². The summed E-state index contributed by atoms with van der Waals surface area (Å²) >= 11 is 0. The van der Waals surface area contributed by atoms with Crippen LogP contribution in [0.1, 0.15) is 25.1 Å². The molecule has 2 aromatic rings. The maximum atomic E-state index is 13.7. The largest absolute Gasteiger partial charge is 0.490 e. The van der Waals surface area contributed by atoms with Crippen molar-refractivity contribution in [3.8, 4) is 17.0 Å². The molecule has 0 bridgehead atoms. The van der Waals surface area contributed by atoms with E-state index in [1.165, 1.54) is 12.1 Å². The van der Waals surface area contributed by atoms with Gasteiger partial charge in [0.1, 0.15) is 17.3 Å². The monoisotopic (exact) mass is 398 g/mol. The summed E-state index contributed by atoms with van der Waals surface area (Å²) in [7, 11) is 0. The smallest absolute Gasteiger partial charge is 0.424 e. The molecule has 28 heavy (non-hydrogen) atoms. The van der Waals surface area contributed by atoms with Gasteiger partial charge in [-0.3, -0.25) is 4.79 Å². The number of benzene rings is 1. The molecule has 0 fully saturated rings. The van der Waals surface area contributed by atoms with Gasteiger partial charge in [-0.15, -0.1) is 0 Å². The maximum absolute atomic E-state index is 13.7. The van der Waals surface area contributed by atoms with Gasteiger partial charge < -0.3 is 15.2 Å². The first kappa shape index (κ1) is 20.1. The summed E-state index contributed by atoms with van der Waals surface area (Å²) in [5, 5.41) is 12.3. The summed E-state index contributed by atoms with van der Waals surface area (Å²) in [6.07, 6.45) is -5.04. The normalized spacial score (nSPS) is 17.4. The van der Waals surface area contributed by atoms with Crippen molar-refractivity contribution in [3.05, 3.63) is 47.4 Å². The first-order chi connectivity index (χ1) is 13.0. The zero-order chi connectivity index (χ0) is 20.7. The van der Waals surface area contributed by atoms with Crippen molar-refractivity contribution in [2.24, 2.45) is 0 Å². The van der Waals surface area contributed by atoms with Crippen molar-refractivity contribution in [3.63, 3.8) is 0 Å². The maximum Gasteiger partial charge on any atom is 0.424 e. The summed E-state index contributed by atoms with van der Waals surface area (Å²) in [4.78, 5) is 14.6. The van der Waals surface area contributed by atoms with E-state index >= 15 is 0 Å². The van der Waals surface area contributed by atoms with Gasteiger partial charge in [0.05, 0.1) is 18.8 Å². The number of nitrogens with zero attached hydrogens (tertiary/aromatic N) is 1. The fourth-order valence-electron chi connectivity index (χ4n) is 3.05. The van der Waals surface area contributed by atoms with Crippen LogP contribution in [0.5, 0.6) is 5.75 Å². The average molecular weight is 398 g/mol. The van der Waals surface area contributed by atoms with E-state index in [0.29, 0.717) is 11.1 Å². The topological polar surface area (TPSA) is 71.5 Å². The highest BCUT2D eigenvalue weighted by molar-refractivity contribution is 5.70. The highest BCUT2D eigenvalue weighted by Gasteiger charge is 2.57. The van der Waals surface area contributed by atoms with Crippen LogP contribution in [0.25, 0.3) is 11.3 Å². The second kappa shape index (κ2) is 6.73. The molecule has 3 rings (SSSR count). The van der Waals surface area contributed by atoms with Crippen molar-refractivity contribution in [1.82, 2.24) is 10.3 Å². The molecular formula is C19H18F4N2O3. The summed E-state index contributed by atoms with van der Waals surface area (Å²) in [6.45, 7) is 2.68. The van der Waals surface area contributed by atoms with Crippen molar-refractivity contribution in [1.29, 1.82) is 0 Å². The molecule has 2 heterocycles. The number of fused-ring (bicyclic) bond motifs is 1. The van der Waals surface area contributed by atoms with E-state index in [9.17, 15) is 27.5 Å². The Balaban J connectivity index is 2.26. The lowest BCUT2D eigenvalue weighted by Gasteiger charge is -2.31. The van der Waals surface area contributed by atoms with Crippen molar-refractivity contribution < 1.29 is 32.2 Å². The minimum Gasteiger partial charge on any atom is -0.490 e. The molecule has 1 aliphatic heterocycles. The Morgan fingerprint density at radius 1 is 1.29 bits per heavy atom. The van der Waals surface area contributed by atoms with Gasteiger partial charge in [0.2, 0.25) is 12.0 Å². The van der Waals surface area contributed by atoms with Gasteiger partial charge in [0, 0.05) is 16.5 Å². The Hall–Kier alpha value is -2.68. The van der Waals surface area contributed by atoms with Crippen LogP contribution in [-0.4, -0.2) is 35.8 Å². The van der Waals surface area contributed by atoms with E-state index in [2.05, 4.69) is 4.98 Å². The lowest BCUT2D eigenvalue weighted by atomic mass is 9.84. The molecule has 5 nitrogen and oxygen atoms in total. The molecule has 150 valence electrons. The zero-order valence-electron chi connectivity index (χ0n) is 15.1. The van der Waals surface area contributed by atoms with E-state index in [1.54, 1.807) is 13.8 Å². The second-order valence-electron chi connectivity index (χ2n) is 7.27. The molecule has 0 spiro atoms. The van der Waals surface area contributed by atoms with E-state index < -0.39 is 35.2 Å². The molecule has 0 radical (unpaired) electrons. The Morgan fingerprint density at radius 2 is 1.93 bits per heavy atom. The Labute approximate surface area is 158 Å². The van der Waals surface area contributed by atoms with E-state index in [1.807, 2.05) is 5.32 Å². The molecule has 0 aliphatic carbocycles. The number of rotatable bonds is 5. The Kier molecular flexibility index (Phi) is 4.82. The van der Waals surface area contributed by atoms with Crippen LogP contribution < -0.4 is 10.1 Å². The van der Waals surface area contributed by atoms with Gasteiger partial charge in [0.25, 0.3) is 0 Å². The molecule has 1 aliphatic rings. The molecule has 1 amide bonds. The molecule has 1 unspecified atom stereocenters. The number of carbonyl (C=O) groups is 1. The fraction of sp³-hybridized carbons (Fsp3) is 0.368. The Bertz CT molecular complexity index is 897. The van der Waals surface area contributed by atoms with E-state index in [0.717, 1.165) is 18.2 Å². The van der Waals surface area contributed by atoms with Crippen LogP contribution in [0.2, 0.25) is 0 Å². The Morgan fingerprint density at radius 3 is 2.50 bits per heavy atom. The third-order valence-electron chi connectivity index (χ3n) is 4.73. The number of aliphatic hydroxyl groups is 1. The number of halogens is 4. The number of aromatic nitrogens is 1. The number of amides is 1. The highest BCUT2D eigenvalue weighted by Crippen LogP contribution is 2.47. The predicted octanol–water partition coefficient (Wildman–Crippen LogP) is 3.05. The number of carbonyl (C=O) groups excluding carboxylic acids is 1. The standard InChI is InChI=1S/C19H18F4N2O3/c1-17(2)9-28-16-13(17)7-14(18(27,8-24-10-26)19(21,22)23)25-15(16)11-3-5-12(20)6-4-11/h3-7,10,27H,8-9H2,1-2H3,(H,24,26). The third-order valence-corrected chi connectivity index (χ3v) is 4.73. The van der Waals surface area contributed by atoms with Crippen LogP contribution in [-0.2, 0) is 15.8 Å². The minimum absolute atomic E-state index is 0.0619. The average Bonchev–Trinajstić information content (AvgIpc) is 2.94. The van der Waals surface area contributed by atoms with Crippen LogP contribution in [0.15, 0.2) is 30.3 Å². The van der Waals surface area contributed by atoms with E-state index in [4.69, 9.17) is 4.74 Å². The number of pyridine rings is 1. The van der Waals surface area contributed by atoms with Crippen LogP contribution in [0.3, 0.4) is 0 Å². The molecule has 0 saturated carbocycles. The molecule has 1 aromatic carbocycles. The van der Waals surface area contributed by atoms with Gasteiger partial charge in [-0.05, 0) is 30.3 Å². The van der Waals surface area contributed by atoms with Crippen LogP contribution in [0, 0.1) is 5.82 Å². The number of hydrogen-bond donors (Lipinski definition) is 2. The predicted molar refractivity (Wildman–Crippen MR) is 92.2 cm³/mol. The van der Waals surface area contributed by atoms with E-state index in [-0.39, 0.29) is 24.5 Å². The van der Waals surface area contributed by atoms with Crippen molar-refractivity contribution >= 4 is 6.41 Å². The number of alkyl halides is 3. The highest BCUT2D eigenvalue weighted by atomic mass is 19.4. The first-order valence-corrected chi connectivity index (χ1v) is 8.40. The van der Waals surface area contributed by atoms with Gasteiger partial charge in [-0.1, -0.05) is 13.8 Å². The quantitative estimate of drug-likeness (QED) is 0.600. The number of nitrogens with one attached hydrogen (secondary N) is 1. The fourth-order valence-corrected chi connectivity index (χ4v) is 3.05. The first-order valence-electron chi connectivity index (χ1n) is 8.40. The second-order valence-corrected chi connectivity index (χ2v) is 7.27. The van der Waals surface area contributed by atoms with Gasteiger partial charge >= 0.3 is 6.18 Å². The summed E-state index contributed by atoms with van der Waals surface area (Å²) in [5.41, 5.74) is -3.88. The molecule has 1 atom stereocenters. The summed E-state index contributed by atoms with van der Waals surface area (Å²) in [5.74, 6) is -0.229. The molecule has 2 N–H and O–H groups in total. The lowest BCUT2D eigenvalue weighted by Crippen LogP contribution is -2.50. The lowest BCUT2D eigenvalue weighted by molar-refractivity contribution is -0.265.